The van der Waals surface area contributed by atoms with Gasteiger partial charge in [0, 0.05) is 13.1 Å². The Morgan fingerprint density at radius 3 is 2.65 bits per heavy atom. The third kappa shape index (κ3) is 3.24. The van der Waals surface area contributed by atoms with Gasteiger partial charge in [-0.3, -0.25) is 4.79 Å². The van der Waals surface area contributed by atoms with Gasteiger partial charge >= 0.3 is 11.9 Å². The number of nitrogens with zero attached hydrogens (tertiary/aromatic N) is 3. The number of anilines is 1. The lowest BCUT2D eigenvalue weighted by Crippen LogP contribution is -2.57. The Hall–Kier alpha value is -1.89. The van der Waals surface area contributed by atoms with Crippen LogP contribution in [-0.4, -0.2) is 47.4 Å². The molecule has 3 heterocycles. The number of cyclic esters (lactones) is 1. The Bertz CT molecular complexity index is 665. The quantitative estimate of drug-likeness (QED) is 0.760. The van der Waals surface area contributed by atoms with Crippen molar-refractivity contribution in [1.82, 2.24) is 10.2 Å². The highest BCUT2D eigenvalue weighted by Crippen LogP contribution is 2.41. The minimum atomic E-state index is -0.619. The summed E-state index contributed by atoms with van der Waals surface area (Å²) >= 11 is 5.87. The largest absolute Gasteiger partial charge is 0.465 e. The van der Waals surface area contributed by atoms with Crippen molar-refractivity contribution in [2.24, 2.45) is 5.41 Å². The van der Waals surface area contributed by atoms with Crippen LogP contribution in [0.2, 0.25) is 5.15 Å². The van der Waals surface area contributed by atoms with Gasteiger partial charge in [0.25, 0.3) is 0 Å². The molecule has 1 spiro atoms. The monoisotopic (exact) mass is 339 g/mol. The van der Waals surface area contributed by atoms with Gasteiger partial charge in [-0.1, -0.05) is 11.6 Å². The third-order valence-electron chi connectivity index (χ3n) is 3.77. The van der Waals surface area contributed by atoms with Crippen molar-refractivity contribution in [2.75, 3.05) is 24.6 Å². The molecule has 2 aliphatic heterocycles. The minimum Gasteiger partial charge on any atom is -0.465 e. The summed E-state index contributed by atoms with van der Waals surface area (Å²) in [7, 11) is 0. The maximum absolute atomic E-state index is 12.4. The molecule has 0 unspecified atom stereocenters. The van der Waals surface area contributed by atoms with Gasteiger partial charge in [0.1, 0.15) is 17.8 Å². The van der Waals surface area contributed by atoms with Gasteiger partial charge in [-0.2, -0.15) is 0 Å². The molecular formula is C15H18ClN3O4. The summed E-state index contributed by atoms with van der Waals surface area (Å²) in [5.41, 5.74) is -0.518. The van der Waals surface area contributed by atoms with E-state index in [9.17, 15) is 9.59 Å². The van der Waals surface area contributed by atoms with Crippen LogP contribution in [0.15, 0.2) is 6.07 Å². The van der Waals surface area contributed by atoms with E-state index in [4.69, 9.17) is 21.1 Å². The Morgan fingerprint density at radius 2 is 2.09 bits per heavy atom. The highest BCUT2D eigenvalue weighted by atomic mass is 35.5. The maximum atomic E-state index is 12.4. The van der Waals surface area contributed by atoms with Crippen LogP contribution in [0.5, 0.6) is 0 Å². The first-order valence-corrected chi connectivity index (χ1v) is 7.72. The lowest BCUT2D eigenvalue weighted by atomic mass is 9.79. The van der Waals surface area contributed by atoms with Gasteiger partial charge in [-0.05, 0) is 26.8 Å². The zero-order valence-corrected chi connectivity index (χ0v) is 14.0. The molecule has 0 saturated carbocycles. The number of halogens is 1. The number of rotatable bonds is 2. The second kappa shape index (κ2) is 5.33. The third-order valence-corrected chi connectivity index (χ3v) is 3.96. The van der Waals surface area contributed by atoms with Crippen molar-refractivity contribution in [3.63, 3.8) is 0 Å². The first-order chi connectivity index (χ1) is 10.7. The average Bonchev–Trinajstić information content (AvgIpc) is 2.77. The summed E-state index contributed by atoms with van der Waals surface area (Å²) < 4.78 is 10.4. The molecule has 3 rings (SSSR count). The van der Waals surface area contributed by atoms with Crippen LogP contribution in [-0.2, 0) is 14.3 Å². The molecule has 2 fully saturated rings. The van der Waals surface area contributed by atoms with Crippen LogP contribution in [0.25, 0.3) is 0 Å². The van der Waals surface area contributed by atoms with Crippen LogP contribution in [0, 0.1) is 5.41 Å². The predicted octanol–water partition coefficient (Wildman–Crippen LogP) is 1.84. The van der Waals surface area contributed by atoms with Gasteiger partial charge in [0.15, 0.2) is 11.0 Å². The Labute approximate surface area is 138 Å². The zero-order chi connectivity index (χ0) is 16.8. The first-order valence-electron chi connectivity index (χ1n) is 7.35. The second-order valence-corrected chi connectivity index (χ2v) is 7.49. The van der Waals surface area contributed by atoms with Crippen LogP contribution in [0.1, 0.15) is 37.6 Å². The number of carbonyl (C=O) groups is 2. The number of hydrogen-bond acceptors (Lipinski definition) is 7. The fourth-order valence-corrected chi connectivity index (χ4v) is 2.98. The molecule has 2 saturated heterocycles. The smallest absolute Gasteiger partial charge is 0.342 e. The standard InChI is InChI=1S/C15H18ClN3O4/c1-14(2,3)23-13(21)9-4-10(16)17-18-12(9)19-6-15(7-19)5-11(20)22-8-15/h4H,5-8H2,1-3H3. The number of aromatic nitrogens is 2. The normalized spacial score (nSPS) is 19.5. The number of carbonyl (C=O) groups excluding carboxylic acids is 2. The Kier molecular flexibility index (Phi) is 3.71. The van der Waals surface area contributed by atoms with Crippen molar-refractivity contribution in [1.29, 1.82) is 0 Å². The van der Waals surface area contributed by atoms with Crippen LogP contribution >= 0.6 is 11.6 Å². The summed E-state index contributed by atoms with van der Waals surface area (Å²) in [6, 6.07) is 1.46. The van der Waals surface area contributed by atoms with E-state index in [0.29, 0.717) is 31.9 Å². The summed E-state index contributed by atoms with van der Waals surface area (Å²) in [5, 5.41) is 7.99. The van der Waals surface area contributed by atoms with Crippen LogP contribution < -0.4 is 4.90 Å². The van der Waals surface area contributed by atoms with Crippen LogP contribution in [0.3, 0.4) is 0 Å². The van der Waals surface area contributed by atoms with Gasteiger partial charge in [0.05, 0.1) is 11.8 Å². The molecule has 124 valence electrons. The average molecular weight is 340 g/mol. The molecule has 1 aromatic heterocycles. The number of hydrogen-bond donors (Lipinski definition) is 0. The Balaban J connectivity index is 1.81. The topological polar surface area (TPSA) is 81.6 Å². The first kappa shape index (κ1) is 16.0. The molecule has 0 bridgehead atoms. The van der Waals surface area contributed by atoms with Crippen molar-refractivity contribution >= 4 is 29.4 Å². The molecule has 8 heteroatoms. The molecule has 23 heavy (non-hydrogen) atoms. The lowest BCUT2D eigenvalue weighted by molar-refractivity contribution is -0.137. The van der Waals surface area contributed by atoms with E-state index in [-0.39, 0.29) is 22.1 Å². The van der Waals surface area contributed by atoms with E-state index in [1.54, 1.807) is 20.8 Å². The molecular weight excluding hydrogens is 322 g/mol. The van der Waals surface area contributed by atoms with Crippen LogP contribution in [0.4, 0.5) is 5.82 Å². The summed E-state index contributed by atoms with van der Waals surface area (Å²) in [6.45, 7) is 6.96. The van der Waals surface area contributed by atoms with E-state index in [1.807, 2.05) is 4.90 Å². The van der Waals surface area contributed by atoms with Crippen molar-refractivity contribution in [2.45, 2.75) is 32.8 Å². The molecule has 0 N–H and O–H groups in total. The highest BCUT2D eigenvalue weighted by molar-refractivity contribution is 6.29. The second-order valence-electron chi connectivity index (χ2n) is 7.10. The van der Waals surface area contributed by atoms with Gasteiger partial charge in [-0.15, -0.1) is 10.2 Å². The molecule has 0 aromatic carbocycles. The van der Waals surface area contributed by atoms with Gasteiger partial charge < -0.3 is 14.4 Å². The number of esters is 2. The fraction of sp³-hybridized carbons (Fsp3) is 0.600. The van der Waals surface area contributed by atoms with Crippen molar-refractivity contribution in [3.05, 3.63) is 16.8 Å². The zero-order valence-electron chi connectivity index (χ0n) is 13.3. The van der Waals surface area contributed by atoms with E-state index in [1.165, 1.54) is 6.07 Å². The van der Waals surface area contributed by atoms with E-state index >= 15 is 0 Å². The Morgan fingerprint density at radius 1 is 1.39 bits per heavy atom. The lowest BCUT2D eigenvalue weighted by Gasteiger charge is -2.46. The highest BCUT2D eigenvalue weighted by Gasteiger charge is 2.51. The van der Waals surface area contributed by atoms with Crippen molar-refractivity contribution in [3.8, 4) is 0 Å². The molecule has 0 amide bonds. The van der Waals surface area contributed by atoms with Gasteiger partial charge in [-0.25, -0.2) is 4.79 Å². The van der Waals surface area contributed by atoms with Gasteiger partial charge in [0.2, 0.25) is 0 Å². The predicted molar refractivity (Wildman–Crippen MR) is 82.4 cm³/mol. The molecule has 0 atom stereocenters. The maximum Gasteiger partial charge on any atom is 0.342 e. The minimum absolute atomic E-state index is 0.129. The summed E-state index contributed by atoms with van der Waals surface area (Å²) in [5.74, 6) is -0.253. The summed E-state index contributed by atoms with van der Waals surface area (Å²) in [4.78, 5) is 25.6. The van der Waals surface area contributed by atoms with E-state index < -0.39 is 11.6 Å². The molecule has 0 radical (unpaired) electrons. The SMILES string of the molecule is CC(C)(C)OC(=O)c1cc(Cl)nnc1N1CC2(COC(=O)C2)C1. The molecule has 1 aromatic rings. The molecule has 7 nitrogen and oxygen atoms in total. The number of ether oxygens (including phenoxy) is 2. The van der Waals surface area contributed by atoms with E-state index in [2.05, 4.69) is 10.2 Å². The molecule has 0 aliphatic carbocycles. The summed E-state index contributed by atoms with van der Waals surface area (Å²) in [6.07, 6.45) is 0.395. The van der Waals surface area contributed by atoms with E-state index in [0.717, 1.165) is 0 Å². The fourth-order valence-electron chi connectivity index (χ4n) is 2.84. The molecule has 2 aliphatic rings. The van der Waals surface area contributed by atoms with Crippen molar-refractivity contribution < 1.29 is 19.1 Å².